The Labute approximate surface area is 114 Å². The van der Waals surface area contributed by atoms with E-state index in [0.29, 0.717) is 12.1 Å². The molecule has 4 nitrogen and oxygen atoms in total. The van der Waals surface area contributed by atoms with Gasteiger partial charge in [0.1, 0.15) is 5.75 Å². The zero-order valence-electron chi connectivity index (χ0n) is 11.5. The largest absolute Gasteiger partial charge is 0.495 e. The van der Waals surface area contributed by atoms with Gasteiger partial charge in [-0.2, -0.15) is 5.26 Å². The Hall–Kier alpha value is -1.60. The van der Waals surface area contributed by atoms with Gasteiger partial charge in [0, 0.05) is 18.3 Å². The molecule has 3 rings (SSSR count). The molecule has 1 aromatic heterocycles. The third kappa shape index (κ3) is 1.89. The number of pyridine rings is 1. The fraction of sp³-hybridized carbons (Fsp3) is 0.600. The van der Waals surface area contributed by atoms with Crippen LogP contribution in [0.2, 0.25) is 0 Å². The third-order valence-corrected chi connectivity index (χ3v) is 4.87. The van der Waals surface area contributed by atoms with Crippen molar-refractivity contribution in [2.75, 3.05) is 14.2 Å². The summed E-state index contributed by atoms with van der Waals surface area (Å²) in [5, 5.41) is 9.77. The van der Waals surface area contributed by atoms with Crippen LogP contribution in [0.5, 0.6) is 5.75 Å². The summed E-state index contributed by atoms with van der Waals surface area (Å²) >= 11 is 0. The average Bonchev–Trinajstić information content (AvgIpc) is 2.69. The molecule has 0 amide bonds. The van der Waals surface area contributed by atoms with Gasteiger partial charge in [-0.15, -0.1) is 0 Å². The normalized spacial score (nSPS) is 33.9. The SMILES string of the molecule is COc1cncc(C2(C#N)CC3CCC(C2)N3C)c1. The van der Waals surface area contributed by atoms with E-state index in [1.54, 1.807) is 13.3 Å². The Kier molecular flexibility index (Phi) is 2.94. The number of piperidine rings is 1. The fourth-order valence-corrected chi connectivity index (χ4v) is 3.65. The number of rotatable bonds is 2. The van der Waals surface area contributed by atoms with Crippen LogP contribution in [0.1, 0.15) is 31.2 Å². The van der Waals surface area contributed by atoms with Gasteiger partial charge in [0.05, 0.1) is 24.8 Å². The first-order chi connectivity index (χ1) is 9.18. The first kappa shape index (κ1) is 12.4. The highest BCUT2D eigenvalue weighted by atomic mass is 16.5. The Morgan fingerprint density at radius 1 is 1.37 bits per heavy atom. The van der Waals surface area contributed by atoms with E-state index >= 15 is 0 Å². The lowest BCUT2D eigenvalue weighted by molar-refractivity contribution is 0.135. The van der Waals surface area contributed by atoms with Gasteiger partial charge in [0.25, 0.3) is 0 Å². The maximum Gasteiger partial charge on any atom is 0.137 e. The predicted octanol–water partition coefficient (Wildman–Crippen LogP) is 2.11. The van der Waals surface area contributed by atoms with Crippen molar-refractivity contribution in [1.29, 1.82) is 5.26 Å². The number of nitrogens with zero attached hydrogens (tertiary/aromatic N) is 3. The van der Waals surface area contributed by atoms with E-state index in [-0.39, 0.29) is 5.41 Å². The Morgan fingerprint density at radius 2 is 2.05 bits per heavy atom. The van der Waals surface area contributed by atoms with Gasteiger partial charge in [-0.3, -0.25) is 4.98 Å². The van der Waals surface area contributed by atoms with Crippen LogP contribution in [-0.4, -0.2) is 36.1 Å². The molecule has 0 spiro atoms. The molecule has 2 aliphatic rings. The van der Waals surface area contributed by atoms with Crippen molar-refractivity contribution >= 4 is 0 Å². The van der Waals surface area contributed by atoms with E-state index in [0.717, 1.165) is 24.2 Å². The van der Waals surface area contributed by atoms with Crippen molar-refractivity contribution in [3.05, 3.63) is 24.0 Å². The number of aromatic nitrogens is 1. The van der Waals surface area contributed by atoms with E-state index < -0.39 is 0 Å². The second-order valence-electron chi connectivity index (χ2n) is 5.77. The molecule has 2 bridgehead atoms. The van der Waals surface area contributed by atoms with E-state index in [4.69, 9.17) is 4.74 Å². The molecule has 0 aliphatic carbocycles. The minimum absolute atomic E-state index is 0.389. The van der Waals surface area contributed by atoms with Crippen LogP contribution in [0.25, 0.3) is 0 Å². The van der Waals surface area contributed by atoms with E-state index in [9.17, 15) is 5.26 Å². The van der Waals surface area contributed by atoms with Crippen LogP contribution in [0.15, 0.2) is 18.5 Å². The van der Waals surface area contributed by atoms with Gasteiger partial charge < -0.3 is 9.64 Å². The highest BCUT2D eigenvalue weighted by Gasteiger charge is 2.48. The molecule has 2 unspecified atom stereocenters. The summed E-state index contributed by atoms with van der Waals surface area (Å²) in [6.45, 7) is 0. The quantitative estimate of drug-likeness (QED) is 0.814. The smallest absolute Gasteiger partial charge is 0.137 e. The number of hydrogen-bond donors (Lipinski definition) is 0. The summed E-state index contributed by atoms with van der Waals surface area (Å²) in [4.78, 5) is 6.67. The van der Waals surface area contributed by atoms with Gasteiger partial charge >= 0.3 is 0 Å². The second-order valence-corrected chi connectivity index (χ2v) is 5.77. The van der Waals surface area contributed by atoms with E-state index in [1.165, 1.54) is 12.8 Å². The Morgan fingerprint density at radius 3 is 2.63 bits per heavy atom. The van der Waals surface area contributed by atoms with Crippen LogP contribution in [0, 0.1) is 11.3 Å². The van der Waals surface area contributed by atoms with Gasteiger partial charge in [-0.25, -0.2) is 0 Å². The van der Waals surface area contributed by atoms with Gasteiger partial charge in [0.2, 0.25) is 0 Å². The van der Waals surface area contributed by atoms with Crippen molar-refractivity contribution in [1.82, 2.24) is 9.88 Å². The van der Waals surface area contributed by atoms with Crippen molar-refractivity contribution in [3.8, 4) is 11.8 Å². The lowest BCUT2D eigenvalue weighted by Gasteiger charge is -2.41. The maximum atomic E-state index is 9.77. The fourth-order valence-electron chi connectivity index (χ4n) is 3.65. The summed E-state index contributed by atoms with van der Waals surface area (Å²) in [5.74, 6) is 0.735. The molecule has 0 radical (unpaired) electrons. The molecule has 4 heteroatoms. The van der Waals surface area contributed by atoms with Crippen LogP contribution in [0.4, 0.5) is 0 Å². The molecule has 2 saturated heterocycles. The van der Waals surface area contributed by atoms with Crippen molar-refractivity contribution in [2.24, 2.45) is 0 Å². The monoisotopic (exact) mass is 257 g/mol. The van der Waals surface area contributed by atoms with Gasteiger partial charge in [-0.1, -0.05) is 0 Å². The van der Waals surface area contributed by atoms with Crippen LogP contribution in [-0.2, 0) is 5.41 Å². The third-order valence-electron chi connectivity index (χ3n) is 4.87. The minimum Gasteiger partial charge on any atom is -0.495 e. The number of ether oxygens (including phenoxy) is 1. The zero-order valence-corrected chi connectivity index (χ0v) is 11.5. The van der Waals surface area contributed by atoms with Crippen LogP contribution in [0.3, 0.4) is 0 Å². The lowest BCUT2D eigenvalue weighted by Crippen LogP contribution is -2.47. The maximum absolute atomic E-state index is 9.77. The summed E-state index contributed by atoms with van der Waals surface area (Å²) in [6, 6.07) is 5.62. The molecule has 0 N–H and O–H groups in total. The van der Waals surface area contributed by atoms with Crippen molar-refractivity contribution in [3.63, 3.8) is 0 Å². The summed E-state index contributed by atoms with van der Waals surface area (Å²) in [6.07, 6.45) is 7.76. The Bertz CT molecular complexity index is 508. The van der Waals surface area contributed by atoms with Crippen molar-refractivity contribution in [2.45, 2.75) is 43.2 Å². The molecule has 19 heavy (non-hydrogen) atoms. The number of nitriles is 1. The number of hydrogen-bond acceptors (Lipinski definition) is 4. The molecule has 1 aromatic rings. The molecule has 3 heterocycles. The van der Waals surface area contributed by atoms with E-state index in [1.807, 2.05) is 12.3 Å². The lowest BCUT2D eigenvalue weighted by atomic mass is 9.71. The summed E-state index contributed by atoms with van der Waals surface area (Å²) in [7, 11) is 3.83. The van der Waals surface area contributed by atoms with Crippen molar-refractivity contribution < 1.29 is 4.74 Å². The van der Waals surface area contributed by atoms with E-state index in [2.05, 4.69) is 23.0 Å². The summed E-state index contributed by atoms with van der Waals surface area (Å²) in [5.41, 5.74) is 0.624. The van der Waals surface area contributed by atoms with Crippen LogP contribution >= 0.6 is 0 Å². The second kappa shape index (κ2) is 4.50. The molecule has 0 saturated carbocycles. The molecule has 100 valence electrons. The first-order valence-corrected chi connectivity index (χ1v) is 6.81. The molecular weight excluding hydrogens is 238 g/mol. The molecule has 2 aliphatic heterocycles. The molecule has 2 fully saturated rings. The topological polar surface area (TPSA) is 49.1 Å². The molecule has 2 atom stereocenters. The molecular formula is C15H19N3O. The number of fused-ring (bicyclic) bond motifs is 2. The molecule has 0 aromatic carbocycles. The van der Waals surface area contributed by atoms with Gasteiger partial charge in [0.15, 0.2) is 0 Å². The predicted molar refractivity (Wildman–Crippen MR) is 71.9 cm³/mol. The highest BCUT2D eigenvalue weighted by molar-refractivity contribution is 5.37. The Balaban J connectivity index is 1.98. The zero-order chi connectivity index (χ0) is 13.5. The minimum atomic E-state index is -0.389. The average molecular weight is 257 g/mol. The van der Waals surface area contributed by atoms with Gasteiger partial charge in [-0.05, 0) is 44.4 Å². The number of methoxy groups -OCH3 is 1. The first-order valence-electron chi connectivity index (χ1n) is 6.81. The standard InChI is InChI=1S/C15H19N3O/c1-18-12-3-4-13(18)7-15(6-12,10-16)11-5-14(19-2)9-17-8-11/h5,8-9,12-13H,3-4,6-7H2,1-2H3. The van der Waals surface area contributed by atoms with Crippen LogP contribution < -0.4 is 4.74 Å². The summed E-state index contributed by atoms with van der Waals surface area (Å²) < 4.78 is 5.24. The highest BCUT2D eigenvalue weighted by Crippen LogP contribution is 2.46.